The van der Waals surface area contributed by atoms with Crippen LogP contribution >= 0.6 is 11.3 Å². The lowest BCUT2D eigenvalue weighted by molar-refractivity contribution is -0.0339. The van der Waals surface area contributed by atoms with Crippen molar-refractivity contribution in [1.82, 2.24) is 35.1 Å². The van der Waals surface area contributed by atoms with Gasteiger partial charge in [-0.2, -0.15) is 10.2 Å². The molecule has 10 nitrogen and oxygen atoms in total. The van der Waals surface area contributed by atoms with Gasteiger partial charge >= 0.3 is 0 Å². The molecular formula is C28H20N8O2S. The van der Waals surface area contributed by atoms with Crippen LogP contribution < -0.4 is 4.90 Å². The Labute approximate surface area is 227 Å². The molecule has 1 aliphatic rings. The molecular weight excluding hydrogens is 512 g/mol. The number of pyridine rings is 1. The van der Waals surface area contributed by atoms with E-state index < -0.39 is 17.4 Å². The van der Waals surface area contributed by atoms with Crippen molar-refractivity contribution in [2.75, 3.05) is 4.90 Å². The molecule has 7 rings (SSSR count). The highest BCUT2D eigenvalue weighted by molar-refractivity contribution is 7.10. The van der Waals surface area contributed by atoms with Gasteiger partial charge < -0.3 is 9.15 Å². The predicted octanol–water partition coefficient (Wildman–Crippen LogP) is 4.53. The normalized spacial score (nSPS) is 22.7. The molecule has 0 N–H and O–H groups in total. The highest BCUT2D eigenvalue weighted by Crippen LogP contribution is 2.62. The minimum absolute atomic E-state index is 0.454. The van der Waals surface area contributed by atoms with Gasteiger partial charge in [0.2, 0.25) is 5.72 Å². The van der Waals surface area contributed by atoms with Gasteiger partial charge in [0.1, 0.15) is 5.69 Å². The van der Waals surface area contributed by atoms with Gasteiger partial charge in [0, 0.05) is 48.1 Å². The molecule has 11 heteroatoms. The SMILES string of the molecule is c1ccc(C2(c3cccnn3)OC(c3ncccn3)C(c3cnccn3)(c3cccs3)N2c2ccco2)nc1. The zero-order valence-electron chi connectivity index (χ0n) is 20.3. The molecule has 6 aromatic heterocycles. The molecule has 0 spiro atoms. The van der Waals surface area contributed by atoms with E-state index in [4.69, 9.17) is 19.1 Å². The number of thiophene rings is 1. The minimum Gasteiger partial charge on any atom is -0.449 e. The van der Waals surface area contributed by atoms with Crippen molar-refractivity contribution in [1.29, 1.82) is 0 Å². The fourth-order valence-electron chi connectivity index (χ4n) is 5.22. The van der Waals surface area contributed by atoms with E-state index >= 15 is 0 Å². The highest BCUT2D eigenvalue weighted by Gasteiger charge is 2.69. The third-order valence-electron chi connectivity index (χ3n) is 6.66. The van der Waals surface area contributed by atoms with Crippen molar-refractivity contribution in [3.8, 4) is 0 Å². The first-order valence-corrected chi connectivity index (χ1v) is 13.0. The third kappa shape index (κ3) is 3.47. The summed E-state index contributed by atoms with van der Waals surface area (Å²) in [5.41, 5.74) is -0.897. The third-order valence-corrected chi connectivity index (χ3v) is 7.66. The van der Waals surface area contributed by atoms with Crippen LogP contribution in [0.25, 0.3) is 0 Å². The number of hydrogen-bond donors (Lipinski definition) is 0. The van der Waals surface area contributed by atoms with Crippen LogP contribution in [0.4, 0.5) is 5.88 Å². The van der Waals surface area contributed by atoms with Gasteiger partial charge in [-0.3, -0.25) is 19.9 Å². The van der Waals surface area contributed by atoms with Gasteiger partial charge in [-0.25, -0.2) is 9.97 Å². The number of nitrogens with zero attached hydrogens (tertiary/aromatic N) is 8. The molecule has 190 valence electrons. The van der Waals surface area contributed by atoms with E-state index in [9.17, 15) is 0 Å². The molecule has 3 unspecified atom stereocenters. The lowest BCUT2D eigenvalue weighted by atomic mass is 9.83. The van der Waals surface area contributed by atoms with E-state index in [1.165, 1.54) is 0 Å². The van der Waals surface area contributed by atoms with E-state index in [0.717, 1.165) is 4.88 Å². The Balaban J connectivity index is 1.67. The number of hydrogen-bond acceptors (Lipinski definition) is 11. The molecule has 0 saturated carbocycles. The van der Waals surface area contributed by atoms with Crippen LogP contribution in [0.1, 0.15) is 33.9 Å². The van der Waals surface area contributed by atoms with E-state index in [2.05, 4.69) is 25.1 Å². The van der Waals surface area contributed by atoms with E-state index in [1.807, 2.05) is 64.9 Å². The van der Waals surface area contributed by atoms with Crippen LogP contribution in [0, 0.1) is 0 Å². The average Bonchev–Trinajstić information content (AvgIpc) is 3.79. The van der Waals surface area contributed by atoms with Crippen LogP contribution in [0.2, 0.25) is 0 Å². The van der Waals surface area contributed by atoms with Crippen LogP contribution in [0.5, 0.6) is 0 Å². The number of rotatable bonds is 6. The summed E-state index contributed by atoms with van der Waals surface area (Å²) in [7, 11) is 0. The second kappa shape index (κ2) is 9.46. The molecule has 0 bridgehead atoms. The molecule has 39 heavy (non-hydrogen) atoms. The lowest BCUT2D eigenvalue weighted by Crippen LogP contribution is -2.54. The van der Waals surface area contributed by atoms with Crippen molar-refractivity contribution in [3.63, 3.8) is 0 Å². The van der Waals surface area contributed by atoms with Crippen molar-refractivity contribution in [2.24, 2.45) is 0 Å². The molecule has 3 atom stereocenters. The number of anilines is 1. The molecule has 1 saturated heterocycles. The molecule has 0 aromatic carbocycles. The quantitative estimate of drug-likeness (QED) is 0.303. The minimum atomic E-state index is -1.43. The summed E-state index contributed by atoms with van der Waals surface area (Å²) < 4.78 is 13.4. The molecule has 1 aliphatic heterocycles. The average molecular weight is 533 g/mol. The van der Waals surface area contributed by atoms with Crippen LogP contribution in [-0.2, 0) is 16.0 Å². The predicted molar refractivity (Wildman–Crippen MR) is 141 cm³/mol. The first-order chi connectivity index (χ1) is 19.3. The molecule has 0 amide bonds. The number of aromatic nitrogens is 7. The van der Waals surface area contributed by atoms with Crippen LogP contribution in [0.15, 0.2) is 120 Å². The Morgan fingerprint density at radius 3 is 2.31 bits per heavy atom. The standard InChI is InChI=1S/C28H20N8O2S/c1-2-11-30-20(7-1)28(21-8-3-14-34-35-21)36(24-10-4-17-37-24)27(23-9-5-18-39-23,22-19-29-15-16-31-22)25(38-28)26-32-12-6-13-33-26/h1-19,25H. The van der Waals surface area contributed by atoms with Gasteiger partial charge in [-0.1, -0.05) is 12.1 Å². The highest BCUT2D eigenvalue weighted by atomic mass is 32.1. The Morgan fingerprint density at radius 2 is 1.62 bits per heavy atom. The summed E-state index contributed by atoms with van der Waals surface area (Å²) in [5.74, 6) is 0.957. The Kier molecular flexibility index (Phi) is 5.64. The summed E-state index contributed by atoms with van der Waals surface area (Å²) in [4.78, 5) is 26.4. The lowest BCUT2D eigenvalue weighted by Gasteiger charge is -2.43. The summed E-state index contributed by atoms with van der Waals surface area (Å²) in [6.45, 7) is 0. The zero-order chi connectivity index (χ0) is 26.1. The molecule has 0 radical (unpaired) electrons. The second-order valence-electron chi connectivity index (χ2n) is 8.69. The Morgan fingerprint density at radius 1 is 0.744 bits per heavy atom. The van der Waals surface area contributed by atoms with Crippen molar-refractivity contribution in [3.05, 3.63) is 143 Å². The fourth-order valence-corrected chi connectivity index (χ4v) is 6.16. The van der Waals surface area contributed by atoms with Gasteiger partial charge in [-0.05, 0) is 47.8 Å². The van der Waals surface area contributed by atoms with Gasteiger partial charge in [0.25, 0.3) is 0 Å². The summed E-state index contributed by atoms with van der Waals surface area (Å²) >= 11 is 1.56. The maximum atomic E-state index is 7.25. The monoisotopic (exact) mass is 532 g/mol. The van der Waals surface area contributed by atoms with E-state index in [-0.39, 0.29) is 0 Å². The molecule has 7 heterocycles. The first kappa shape index (κ1) is 23.3. The maximum Gasteiger partial charge on any atom is 0.234 e. The molecule has 1 fully saturated rings. The molecule has 0 aliphatic carbocycles. The smallest absolute Gasteiger partial charge is 0.234 e. The zero-order valence-corrected chi connectivity index (χ0v) is 21.2. The number of ether oxygens (including phenoxy) is 1. The van der Waals surface area contributed by atoms with Crippen molar-refractivity contribution >= 4 is 17.2 Å². The first-order valence-electron chi connectivity index (χ1n) is 12.1. The van der Waals surface area contributed by atoms with Gasteiger partial charge in [-0.15, -0.1) is 11.3 Å². The van der Waals surface area contributed by atoms with Crippen LogP contribution in [-0.4, -0.2) is 35.1 Å². The summed E-state index contributed by atoms with van der Waals surface area (Å²) in [6, 6.07) is 18.9. The number of furan rings is 1. The van der Waals surface area contributed by atoms with Crippen molar-refractivity contribution in [2.45, 2.75) is 17.4 Å². The summed E-state index contributed by atoms with van der Waals surface area (Å²) in [5, 5.41) is 10.8. The van der Waals surface area contributed by atoms with Crippen LogP contribution in [0.3, 0.4) is 0 Å². The van der Waals surface area contributed by atoms with E-state index in [1.54, 1.807) is 67.0 Å². The van der Waals surface area contributed by atoms with E-state index in [0.29, 0.717) is 28.8 Å². The fraction of sp³-hybridized carbons (Fsp3) is 0.107. The Bertz CT molecular complexity index is 1600. The van der Waals surface area contributed by atoms with Gasteiger partial charge in [0.05, 0.1) is 23.8 Å². The largest absolute Gasteiger partial charge is 0.449 e. The second-order valence-corrected chi connectivity index (χ2v) is 9.64. The summed E-state index contributed by atoms with van der Waals surface area (Å²) in [6.07, 6.45) is 12.6. The topological polar surface area (TPSA) is 116 Å². The molecule has 6 aromatic rings. The maximum absolute atomic E-state index is 7.25. The Hall–Kier alpha value is -4.87. The van der Waals surface area contributed by atoms with Gasteiger partial charge in [0.15, 0.2) is 23.4 Å². The van der Waals surface area contributed by atoms with Crippen molar-refractivity contribution < 1.29 is 9.15 Å².